The monoisotopic (exact) mass is 343 g/mol. The first-order valence-corrected chi connectivity index (χ1v) is 4.46. The fraction of sp³-hybridized carbons (Fsp3) is 0. The van der Waals surface area contributed by atoms with Gasteiger partial charge in [0.05, 0.1) is 6.20 Å². The fourth-order valence-electron chi connectivity index (χ4n) is 0.409. The lowest BCUT2D eigenvalue weighted by molar-refractivity contribution is 1.61. The average molecular weight is 343 g/mol. The largest absolute Gasteiger partial charge is 0.213 e. The van der Waals surface area contributed by atoms with Crippen LogP contribution in [0.15, 0.2) is 30.5 Å². The van der Waals surface area contributed by atoms with Gasteiger partial charge in [-0.2, -0.15) is 0 Å². The van der Waals surface area contributed by atoms with E-state index in [4.69, 9.17) is 0 Å². The number of hydrogen-bond acceptors (Lipinski definition) is 1. The lowest BCUT2D eigenvalue weighted by Gasteiger charge is -1.82. The molecule has 0 saturated heterocycles. The predicted molar refractivity (Wildman–Crippen MR) is 56.2 cm³/mol. The first-order valence-electron chi connectivity index (χ1n) is 2.30. The van der Waals surface area contributed by atoms with E-state index in [2.05, 4.69) is 56.0 Å². The van der Waals surface area contributed by atoms with Crippen molar-refractivity contribution in [2.45, 2.75) is 0 Å². The highest BCUT2D eigenvalue weighted by Gasteiger charge is 1.89. The van der Waals surface area contributed by atoms with Crippen molar-refractivity contribution in [2.24, 2.45) is 4.99 Å². The summed E-state index contributed by atoms with van der Waals surface area (Å²) in [7, 11) is 0. The van der Waals surface area contributed by atoms with Gasteiger partial charge in [-0.25, -0.2) is 4.99 Å². The summed E-state index contributed by atoms with van der Waals surface area (Å²) in [5.74, 6) is 2.77. The van der Waals surface area contributed by atoms with Gasteiger partial charge in [-0.05, 0) is 57.1 Å². The lowest BCUT2D eigenvalue weighted by atomic mass is 10.5. The number of aliphatic imine (C=N–C) groups is 1. The second-order valence-electron chi connectivity index (χ2n) is 1.45. The SMILES string of the molecule is IC1=CN=C=CC(I)=C1. The van der Waals surface area contributed by atoms with Crippen LogP contribution in [0, 0.1) is 0 Å². The molecular weight excluding hydrogens is 340 g/mol. The summed E-state index contributed by atoms with van der Waals surface area (Å²) in [5, 5.41) is 0. The molecule has 0 spiro atoms. The van der Waals surface area contributed by atoms with E-state index in [1.807, 2.05) is 12.2 Å². The molecule has 0 aromatic rings. The minimum atomic E-state index is 1.14. The van der Waals surface area contributed by atoms with Gasteiger partial charge in [0.2, 0.25) is 0 Å². The standard InChI is InChI=1S/C6H3I2N/c7-5-1-2-9-4-6(8)3-5/h1,3-4H. The second-order valence-corrected chi connectivity index (χ2v) is 3.94. The number of halogens is 2. The summed E-state index contributed by atoms with van der Waals surface area (Å²) in [6, 6.07) is 0. The van der Waals surface area contributed by atoms with Crippen LogP contribution in [0.25, 0.3) is 0 Å². The Morgan fingerprint density at radius 2 is 2.11 bits per heavy atom. The van der Waals surface area contributed by atoms with Crippen molar-refractivity contribution in [1.82, 2.24) is 0 Å². The van der Waals surface area contributed by atoms with Crippen LogP contribution in [0.5, 0.6) is 0 Å². The van der Waals surface area contributed by atoms with Gasteiger partial charge in [0, 0.05) is 13.2 Å². The molecule has 46 valence electrons. The number of hydrogen-bond donors (Lipinski definition) is 0. The maximum atomic E-state index is 3.87. The molecule has 3 heteroatoms. The molecule has 0 bridgehead atoms. The summed E-state index contributed by atoms with van der Waals surface area (Å²) in [6.45, 7) is 0. The summed E-state index contributed by atoms with van der Waals surface area (Å²) in [6.07, 6.45) is 5.68. The minimum absolute atomic E-state index is 1.14. The van der Waals surface area contributed by atoms with Crippen molar-refractivity contribution in [2.75, 3.05) is 0 Å². The first-order chi connectivity index (χ1) is 4.29. The van der Waals surface area contributed by atoms with Crippen molar-refractivity contribution >= 4 is 51.1 Å². The molecule has 0 saturated carbocycles. The molecule has 1 nitrogen and oxygen atoms in total. The van der Waals surface area contributed by atoms with Crippen LogP contribution in [0.3, 0.4) is 0 Å². The van der Waals surface area contributed by atoms with Gasteiger partial charge in [-0.1, -0.05) is 0 Å². The molecule has 0 atom stereocenters. The van der Waals surface area contributed by atoms with Crippen LogP contribution in [-0.2, 0) is 0 Å². The highest BCUT2D eigenvalue weighted by Crippen LogP contribution is 2.16. The smallest absolute Gasteiger partial charge is 0.0502 e. The molecular formula is C6H3I2N. The minimum Gasteiger partial charge on any atom is -0.213 e. The van der Waals surface area contributed by atoms with Crippen molar-refractivity contribution in [3.05, 3.63) is 25.5 Å². The molecule has 0 aromatic heterocycles. The molecule has 0 unspecified atom stereocenters. The van der Waals surface area contributed by atoms with Crippen LogP contribution in [-0.4, -0.2) is 5.87 Å². The fourth-order valence-corrected chi connectivity index (χ4v) is 1.95. The van der Waals surface area contributed by atoms with Crippen LogP contribution in [0.2, 0.25) is 0 Å². The van der Waals surface area contributed by atoms with E-state index in [0.717, 1.165) is 7.16 Å². The molecule has 1 heterocycles. The van der Waals surface area contributed by atoms with E-state index >= 15 is 0 Å². The number of nitrogens with zero attached hydrogens (tertiary/aromatic N) is 1. The molecule has 1 rings (SSSR count). The quantitative estimate of drug-likeness (QED) is 0.600. The van der Waals surface area contributed by atoms with Crippen molar-refractivity contribution in [3.63, 3.8) is 0 Å². The normalized spacial score (nSPS) is 16.7. The maximum absolute atomic E-state index is 3.87. The molecule has 0 radical (unpaired) electrons. The molecule has 0 amide bonds. The Bertz CT molecular complexity index is 231. The first kappa shape index (κ1) is 7.50. The van der Waals surface area contributed by atoms with Gasteiger partial charge < -0.3 is 0 Å². The zero-order chi connectivity index (χ0) is 6.69. The third-order valence-corrected chi connectivity index (χ3v) is 1.95. The number of allylic oxidation sites excluding steroid dienone is 4. The average Bonchev–Trinajstić information content (AvgIpc) is 1.93. The van der Waals surface area contributed by atoms with Gasteiger partial charge in [0.15, 0.2) is 0 Å². The Morgan fingerprint density at radius 3 is 2.89 bits per heavy atom. The van der Waals surface area contributed by atoms with E-state index in [1.54, 1.807) is 6.20 Å². The summed E-state index contributed by atoms with van der Waals surface area (Å²) >= 11 is 4.46. The molecule has 0 fully saturated rings. The topological polar surface area (TPSA) is 12.4 Å². The van der Waals surface area contributed by atoms with Gasteiger partial charge in [0.25, 0.3) is 0 Å². The third-order valence-electron chi connectivity index (χ3n) is 0.741. The molecule has 0 aromatic carbocycles. The Balaban J connectivity index is 3.00. The predicted octanol–water partition coefficient (Wildman–Crippen LogP) is 2.82. The highest BCUT2D eigenvalue weighted by molar-refractivity contribution is 14.1. The van der Waals surface area contributed by atoms with Crippen LogP contribution < -0.4 is 0 Å². The Hall–Kier alpha value is 0.390. The summed E-state index contributed by atoms with van der Waals surface area (Å²) < 4.78 is 2.30. The Morgan fingerprint density at radius 1 is 1.33 bits per heavy atom. The molecule has 9 heavy (non-hydrogen) atoms. The Kier molecular flexibility index (Phi) is 2.94. The molecule has 1 aliphatic rings. The van der Waals surface area contributed by atoms with E-state index in [-0.39, 0.29) is 0 Å². The van der Waals surface area contributed by atoms with E-state index in [0.29, 0.717) is 0 Å². The van der Waals surface area contributed by atoms with Gasteiger partial charge in [-0.3, -0.25) is 0 Å². The second kappa shape index (κ2) is 3.53. The van der Waals surface area contributed by atoms with Crippen molar-refractivity contribution < 1.29 is 0 Å². The number of rotatable bonds is 0. The van der Waals surface area contributed by atoms with Crippen LogP contribution >= 0.6 is 45.2 Å². The zero-order valence-electron chi connectivity index (χ0n) is 4.44. The van der Waals surface area contributed by atoms with Gasteiger partial charge in [-0.15, -0.1) is 0 Å². The lowest BCUT2D eigenvalue weighted by Crippen LogP contribution is -1.60. The summed E-state index contributed by atoms with van der Waals surface area (Å²) in [5.41, 5.74) is 0. The van der Waals surface area contributed by atoms with Crippen LogP contribution in [0.4, 0.5) is 0 Å². The maximum Gasteiger partial charge on any atom is 0.0502 e. The third kappa shape index (κ3) is 2.64. The zero-order valence-corrected chi connectivity index (χ0v) is 8.75. The van der Waals surface area contributed by atoms with Crippen molar-refractivity contribution in [3.8, 4) is 0 Å². The summed E-state index contributed by atoms with van der Waals surface area (Å²) in [4.78, 5) is 3.87. The molecule has 0 N–H and O–H groups in total. The molecule has 1 aliphatic heterocycles. The van der Waals surface area contributed by atoms with Crippen molar-refractivity contribution in [1.29, 1.82) is 0 Å². The molecule has 0 aliphatic carbocycles. The van der Waals surface area contributed by atoms with Crippen LogP contribution in [0.1, 0.15) is 0 Å². The highest BCUT2D eigenvalue weighted by atomic mass is 127. The van der Waals surface area contributed by atoms with Gasteiger partial charge >= 0.3 is 0 Å². The van der Waals surface area contributed by atoms with E-state index in [9.17, 15) is 0 Å². The van der Waals surface area contributed by atoms with E-state index < -0.39 is 0 Å². The van der Waals surface area contributed by atoms with E-state index in [1.165, 1.54) is 0 Å². The Labute approximate surface area is 80.9 Å². The van der Waals surface area contributed by atoms with Gasteiger partial charge in [0.1, 0.15) is 0 Å².